The van der Waals surface area contributed by atoms with Crippen LogP contribution in [0.4, 0.5) is 11.4 Å². The number of benzene rings is 2. The number of amides is 1. The normalized spacial score (nSPS) is 10.9. The molecule has 0 aliphatic carbocycles. The Morgan fingerprint density at radius 1 is 0.917 bits per heavy atom. The summed E-state index contributed by atoms with van der Waals surface area (Å²) in [4.78, 5) is 23.3. The molecule has 0 atom stereocenters. The molecule has 2 N–H and O–H groups in total. The Morgan fingerprint density at radius 2 is 1.46 bits per heavy atom. The van der Waals surface area contributed by atoms with Gasteiger partial charge in [0, 0.05) is 23.2 Å². The Kier molecular flexibility index (Phi) is 5.35. The van der Waals surface area contributed by atoms with E-state index < -0.39 is 9.84 Å². The van der Waals surface area contributed by atoms with E-state index in [2.05, 4.69) is 10.6 Å². The van der Waals surface area contributed by atoms with Crippen LogP contribution in [0, 0.1) is 0 Å². The zero-order valence-corrected chi connectivity index (χ0v) is 14.2. The first-order chi connectivity index (χ1) is 11.3. The van der Waals surface area contributed by atoms with Crippen molar-refractivity contribution in [3.8, 4) is 0 Å². The summed E-state index contributed by atoms with van der Waals surface area (Å²) < 4.78 is 22.7. The van der Waals surface area contributed by atoms with Gasteiger partial charge in [-0.3, -0.25) is 9.59 Å². The molecule has 2 rings (SSSR count). The van der Waals surface area contributed by atoms with E-state index >= 15 is 0 Å². The lowest BCUT2D eigenvalue weighted by Gasteiger charge is -2.08. The maximum atomic E-state index is 11.9. The van der Waals surface area contributed by atoms with Crippen LogP contribution >= 0.6 is 0 Å². The first-order valence-electron chi connectivity index (χ1n) is 7.20. The third kappa shape index (κ3) is 4.92. The Labute approximate surface area is 140 Å². The molecule has 7 heteroatoms. The maximum absolute atomic E-state index is 11.9. The fourth-order valence-corrected chi connectivity index (χ4v) is 2.63. The molecule has 6 nitrogen and oxygen atoms in total. The Balaban J connectivity index is 1.90. The number of sulfone groups is 1. The Bertz CT molecular complexity index is 841. The lowest BCUT2D eigenvalue weighted by molar-refractivity contribution is -0.114. The highest BCUT2D eigenvalue weighted by molar-refractivity contribution is 7.90. The Morgan fingerprint density at radius 3 is 1.96 bits per heavy atom. The van der Waals surface area contributed by atoms with Gasteiger partial charge in [-0.05, 0) is 55.5 Å². The molecular weight excluding hydrogens is 328 g/mol. The number of Topliss-reactive ketones (excluding diaryl/α,β-unsaturated/α-hetero) is 1. The topological polar surface area (TPSA) is 92.3 Å². The van der Waals surface area contributed by atoms with Crippen LogP contribution in [0.15, 0.2) is 53.4 Å². The molecular formula is C17H18N2O4S. The molecule has 0 heterocycles. The molecule has 0 aliphatic rings. The summed E-state index contributed by atoms with van der Waals surface area (Å²) >= 11 is 0. The molecule has 0 radical (unpaired) electrons. The largest absolute Gasteiger partial charge is 0.376 e. The van der Waals surface area contributed by atoms with Crippen molar-refractivity contribution in [2.75, 3.05) is 23.4 Å². The first kappa shape index (κ1) is 17.7. The third-order valence-electron chi connectivity index (χ3n) is 3.31. The molecule has 0 unspecified atom stereocenters. The van der Waals surface area contributed by atoms with Gasteiger partial charge in [-0.15, -0.1) is 0 Å². The second kappa shape index (κ2) is 7.27. The molecule has 0 aliphatic heterocycles. The zero-order chi connectivity index (χ0) is 17.7. The minimum Gasteiger partial charge on any atom is -0.376 e. The van der Waals surface area contributed by atoms with E-state index in [1.807, 2.05) is 0 Å². The molecule has 0 saturated heterocycles. The average molecular weight is 346 g/mol. The summed E-state index contributed by atoms with van der Waals surface area (Å²) in [7, 11) is -3.25. The number of rotatable bonds is 6. The summed E-state index contributed by atoms with van der Waals surface area (Å²) in [6.07, 6.45) is 1.13. The standard InChI is InChI=1S/C17H18N2O4S/c1-12(20)13-3-5-14(6-4-13)18-11-17(21)19-15-7-9-16(10-8-15)24(2,22)23/h3-10,18H,11H2,1-2H3,(H,19,21). The minimum absolute atomic E-state index is 0.0168. The van der Waals surface area contributed by atoms with Gasteiger partial charge >= 0.3 is 0 Å². The van der Waals surface area contributed by atoms with Crippen LogP contribution < -0.4 is 10.6 Å². The molecule has 1 amide bonds. The molecule has 2 aromatic rings. The summed E-state index contributed by atoms with van der Waals surface area (Å²) in [5, 5.41) is 5.62. The predicted molar refractivity (Wildman–Crippen MR) is 93.1 cm³/mol. The number of nitrogens with one attached hydrogen (secondary N) is 2. The van der Waals surface area contributed by atoms with E-state index in [0.717, 1.165) is 11.9 Å². The van der Waals surface area contributed by atoms with E-state index in [-0.39, 0.29) is 23.1 Å². The van der Waals surface area contributed by atoms with Gasteiger partial charge in [0.25, 0.3) is 0 Å². The second-order valence-corrected chi connectivity index (χ2v) is 7.35. The highest BCUT2D eigenvalue weighted by Crippen LogP contribution is 2.14. The summed E-state index contributed by atoms with van der Waals surface area (Å²) in [6, 6.07) is 12.8. The predicted octanol–water partition coefficient (Wildman–Crippen LogP) is 2.34. The van der Waals surface area contributed by atoms with Crippen LogP contribution in [-0.2, 0) is 14.6 Å². The van der Waals surface area contributed by atoms with Crippen molar-refractivity contribution in [3.63, 3.8) is 0 Å². The van der Waals surface area contributed by atoms with E-state index in [1.165, 1.54) is 31.2 Å². The first-order valence-corrected chi connectivity index (χ1v) is 9.10. The molecule has 0 bridgehead atoms. The zero-order valence-electron chi connectivity index (χ0n) is 13.4. The van der Waals surface area contributed by atoms with Gasteiger partial charge in [0.1, 0.15) is 0 Å². The van der Waals surface area contributed by atoms with E-state index in [1.54, 1.807) is 24.3 Å². The van der Waals surface area contributed by atoms with Crippen molar-refractivity contribution in [2.45, 2.75) is 11.8 Å². The number of ketones is 1. The number of hydrogen-bond donors (Lipinski definition) is 2. The highest BCUT2D eigenvalue weighted by atomic mass is 32.2. The van der Waals surface area contributed by atoms with Gasteiger partial charge in [-0.1, -0.05) is 0 Å². The van der Waals surface area contributed by atoms with Crippen molar-refractivity contribution in [1.29, 1.82) is 0 Å². The highest BCUT2D eigenvalue weighted by Gasteiger charge is 2.07. The number of hydrogen-bond acceptors (Lipinski definition) is 5. The fourth-order valence-electron chi connectivity index (χ4n) is 2.00. The minimum atomic E-state index is -3.25. The van der Waals surface area contributed by atoms with E-state index in [4.69, 9.17) is 0 Å². The average Bonchev–Trinajstić information content (AvgIpc) is 2.53. The van der Waals surface area contributed by atoms with Crippen LogP contribution in [0.2, 0.25) is 0 Å². The van der Waals surface area contributed by atoms with E-state index in [9.17, 15) is 18.0 Å². The van der Waals surface area contributed by atoms with Gasteiger partial charge in [0.2, 0.25) is 5.91 Å². The van der Waals surface area contributed by atoms with Crippen molar-refractivity contribution in [3.05, 3.63) is 54.1 Å². The summed E-state index contributed by atoms with van der Waals surface area (Å²) in [5.41, 5.74) is 1.85. The molecule has 0 spiro atoms. The lowest BCUT2D eigenvalue weighted by Crippen LogP contribution is -2.21. The monoisotopic (exact) mass is 346 g/mol. The van der Waals surface area contributed by atoms with Crippen LogP contribution in [-0.4, -0.2) is 32.9 Å². The Hall–Kier alpha value is -2.67. The molecule has 2 aromatic carbocycles. The van der Waals surface area contributed by atoms with Gasteiger partial charge in [0.05, 0.1) is 11.4 Å². The van der Waals surface area contributed by atoms with Crippen LogP contribution in [0.3, 0.4) is 0 Å². The quantitative estimate of drug-likeness (QED) is 0.783. The lowest BCUT2D eigenvalue weighted by atomic mass is 10.1. The number of anilines is 2. The third-order valence-corrected chi connectivity index (χ3v) is 4.44. The van der Waals surface area contributed by atoms with Crippen molar-refractivity contribution in [1.82, 2.24) is 0 Å². The molecule has 126 valence electrons. The number of carbonyl (C=O) groups excluding carboxylic acids is 2. The van der Waals surface area contributed by atoms with Gasteiger partial charge in [-0.25, -0.2) is 8.42 Å². The van der Waals surface area contributed by atoms with Crippen molar-refractivity contribution in [2.24, 2.45) is 0 Å². The van der Waals surface area contributed by atoms with Crippen molar-refractivity contribution >= 4 is 32.9 Å². The van der Waals surface area contributed by atoms with Crippen LogP contribution in [0.5, 0.6) is 0 Å². The van der Waals surface area contributed by atoms with Crippen LogP contribution in [0.1, 0.15) is 17.3 Å². The van der Waals surface area contributed by atoms with Crippen LogP contribution in [0.25, 0.3) is 0 Å². The van der Waals surface area contributed by atoms with Crippen molar-refractivity contribution < 1.29 is 18.0 Å². The fraction of sp³-hybridized carbons (Fsp3) is 0.176. The summed E-state index contributed by atoms with van der Waals surface area (Å²) in [5.74, 6) is -0.283. The SMILES string of the molecule is CC(=O)c1ccc(NCC(=O)Nc2ccc(S(C)(=O)=O)cc2)cc1. The van der Waals surface area contributed by atoms with Gasteiger partial charge < -0.3 is 10.6 Å². The molecule has 0 aromatic heterocycles. The van der Waals surface area contributed by atoms with Gasteiger partial charge in [-0.2, -0.15) is 0 Å². The molecule has 0 saturated carbocycles. The maximum Gasteiger partial charge on any atom is 0.243 e. The van der Waals surface area contributed by atoms with Gasteiger partial charge in [0.15, 0.2) is 15.6 Å². The second-order valence-electron chi connectivity index (χ2n) is 5.33. The smallest absolute Gasteiger partial charge is 0.243 e. The van der Waals surface area contributed by atoms with E-state index in [0.29, 0.717) is 11.3 Å². The number of carbonyl (C=O) groups is 2. The molecule has 24 heavy (non-hydrogen) atoms. The molecule has 0 fully saturated rings. The summed E-state index contributed by atoms with van der Waals surface area (Å²) in [6.45, 7) is 1.54.